The highest BCUT2D eigenvalue weighted by Crippen LogP contribution is 2.14. The van der Waals surface area contributed by atoms with Crippen molar-refractivity contribution in [2.24, 2.45) is 0 Å². The quantitative estimate of drug-likeness (QED) is 0.559. The average molecular weight is 449 g/mol. The van der Waals surface area contributed by atoms with Crippen molar-refractivity contribution >= 4 is 17.8 Å². The zero-order valence-electron chi connectivity index (χ0n) is 19.1. The fourth-order valence-corrected chi connectivity index (χ4v) is 3.88. The number of hydrogen-bond donors (Lipinski definition) is 2. The molecule has 1 fully saturated rings. The van der Waals surface area contributed by atoms with E-state index in [4.69, 9.17) is 9.47 Å². The number of carbonyl (C=O) groups is 3. The molecule has 3 atom stereocenters. The Morgan fingerprint density at radius 1 is 1.19 bits per heavy atom. The van der Waals surface area contributed by atoms with Crippen LogP contribution in [0.2, 0.25) is 0 Å². The maximum absolute atomic E-state index is 13.3. The summed E-state index contributed by atoms with van der Waals surface area (Å²) in [6, 6.07) is 7.45. The molecule has 32 heavy (non-hydrogen) atoms. The first kappa shape index (κ1) is 25.8. The van der Waals surface area contributed by atoms with Crippen LogP contribution >= 0.6 is 0 Å². The van der Waals surface area contributed by atoms with Gasteiger partial charge in [-0.1, -0.05) is 30.3 Å². The summed E-state index contributed by atoms with van der Waals surface area (Å²) in [6.45, 7) is 4.94. The number of rotatable bonds is 9. The van der Waals surface area contributed by atoms with Gasteiger partial charge in [0.15, 0.2) is 0 Å². The van der Waals surface area contributed by atoms with Crippen LogP contribution < -0.4 is 5.32 Å². The summed E-state index contributed by atoms with van der Waals surface area (Å²) in [5.41, 5.74) is 1.09. The van der Waals surface area contributed by atoms with Gasteiger partial charge >= 0.3 is 11.9 Å². The summed E-state index contributed by atoms with van der Waals surface area (Å²) < 4.78 is 10.7. The zero-order valence-corrected chi connectivity index (χ0v) is 19.1. The monoisotopic (exact) mass is 448 g/mol. The molecule has 1 heterocycles. The molecule has 1 aliphatic heterocycles. The molecule has 8 nitrogen and oxygen atoms in total. The van der Waals surface area contributed by atoms with Crippen molar-refractivity contribution in [3.05, 3.63) is 35.9 Å². The molecular formula is C24H36N2O6. The molecule has 1 amide bonds. The van der Waals surface area contributed by atoms with Gasteiger partial charge in [-0.2, -0.15) is 0 Å². The molecule has 2 rings (SSSR count). The molecule has 0 spiro atoms. The van der Waals surface area contributed by atoms with Gasteiger partial charge in [0, 0.05) is 26.2 Å². The summed E-state index contributed by atoms with van der Waals surface area (Å²) >= 11 is 0. The topological polar surface area (TPSA) is 105 Å². The Morgan fingerprint density at radius 2 is 1.94 bits per heavy atom. The van der Waals surface area contributed by atoms with Crippen molar-refractivity contribution in [3.63, 3.8) is 0 Å². The minimum Gasteiger partial charge on any atom is -0.480 e. The van der Waals surface area contributed by atoms with Crippen LogP contribution in [0.15, 0.2) is 30.3 Å². The summed E-state index contributed by atoms with van der Waals surface area (Å²) in [6.07, 6.45) is 3.82. The van der Waals surface area contributed by atoms with Gasteiger partial charge in [-0.15, -0.1) is 0 Å². The Hall–Kier alpha value is -2.45. The summed E-state index contributed by atoms with van der Waals surface area (Å²) in [5, 5.41) is 12.8. The highest BCUT2D eigenvalue weighted by molar-refractivity contribution is 5.87. The van der Waals surface area contributed by atoms with E-state index in [1.807, 2.05) is 30.3 Å². The van der Waals surface area contributed by atoms with E-state index in [-0.39, 0.29) is 18.9 Å². The van der Waals surface area contributed by atoms with Crippen molar-refractivity contribution in [1.82, 2.24) is 10.2 Å². The Bertz CT molecular complexity index is 726. The second-order valence-electron chi connectivity index (χ2n) is 8.06. The van der Waals surface area contributed by atoms with Crippen LogP contribution in [0.3, 0.4) is 0 Å². The van der Waals surface area contributed by atoms with Crippen LogP contribution in [0.5, 0.6) is 0 Å². The predicted octanol–water partition coefficient (Wildman–Crippen LogP) is 2.40. The Labute approximate surface area is 190 Å². The van der Waals surface area contributed by atoms with Crippen LogP contribution in [0.1, 0.15) is 51.5 Å². The van der Waals surface area contributed by atoms with E-state index in [1.54, 1.807) is 13.8 Å². The van der Waals surface area contributed by atoms with Crippen LogP contribution in [-0.2, 0) is 30.3 Å². The number of carbonyl (C=O) groups excluding carboxylic acids is 2. The van der Waals surface area contributed by atoms with Crippen molar-refractivity contribution < 1.29 is 29.0 Å². The first-order chi connectivity index (χ1) is 15.4. The van der Waals surface area contributed by atoms with E-state index in [9.17, 15) is 19.5 Å². The maximum Gasteiger partial charge on any atom is 0.326 e. The lowest BCUT2D eigenvalue weighted by molar-refractivity contribution is -0.153. The molecule has 0 aliphatic carbocycles. The largest absolute Gasteiger partial charge is 0.480 e. The van der Waals surface area contributed by atoms with Crippen LogP contribution in [-0.4, -0.2) is 72.3 Å². The SMILES string of the molecule is CCOC(=O)C(CCc1ccccc1)N[C@@H](C)C(=O)N1CCCCCOCC[C@H]1C(=O)O. The Morgan fingerprint density at radius 3 is 2.62 bits per heavy atom. The second-order valence-corrected chi connectivity index (χ2v) is 8.06. The number of aliphatic carboxylic acids is 1. The molecule has 0 radical (unpaired) electrons. The first-order valence-electron chi connectivity index (χ1n) is 11.5. The van der Waals surface area contributed by atoms with Gasteiger partial charge in [0.05, 0.1) is 12.6 Å². The van der Waals surface area contributed by atoms with E-state index in [1.165, 1.54) is 4.90 Å². The molecule has 0 bridgehead atoms. The minimum atomic E-state index is -1.04. The van der Waals surface area contributed by atoms with Gasteiger partial charge in [0.2, 0.25) is 5.91 Å². The Balaban J connectivity index is 2.09. The van der Waals surface area contributed by atoms with E-state index >= 15 is 0 Å². The van der Waals surface area contributed by atoms with Crippen molar-refractivity contribution in [2.45, 2.75) is 70.5 Å². The fourth-order valence-electron chi connectivity index (χ4n) is 3.88. The number of carboxylic acid groups (broad SMARTS) is 1. The molecule has 178 valence electrons. The number of esters is 1. The van der Waals surface area contributed by atoms with Crippen molar-refractivity contribution in [2.75, 3.05) is 26.4 Å². The molecule has 8 heteroatoms. The predicted molar refractivity (Wildman–Crippen MR) is 120 cm³/mol. The lowest BCUT2D eigenvalue weighted by Gasteiger charge is -2.33. The molecule has 2 N–H and O–H groups in total. The highest BCUT2D eigenvalue weighted by Gasteiger charge is 2.33. The number of benzene rings is 1. The van der Waals surface area contributed by atoms with Crippen molar-refractivity contribution in [1.29, 1.82) is 0 Å². The van der Waals surface area contributed by atoms with Crippen LogP contribution in [0, 0.1) is 0 Å². The number of nitrogens with zero attached hydrogens (tertiary/aromatic N) is 1. The van der Waals surface area contributed by atoms with Gasteiger partial charge in [0.25, 0.3) is 0 Å². The summed E-state index contributed by atoms with van der Waals surface area (Å²) in [4.78, 5) is 39.1. The molecule has 0 saturated carbocycles. The smallest absolute Gasteiger partial charge is 0.326 e. The third-order valence-corrected chi connectivity index (χ3v) is 5.62. The molecule has 1 aromatic carbocycles. The summed E-state index contributed by atoms with van der Waals surface area (Å²) in [7, 11) is 0. The van der Waals surface area contributed by atoms with Crippen LogP contribution in [0.4, 0.5) is 0 Å². The lowest BCUT2D eigenvalue weighted by atomic mass is 10.0. The second kappa shape index (κ2) is 13.9. The summed E-state index contributed by atoms with van der Waals surface area (Å²) in [5.74, 6) is -1.78. The van der Waals surface area contributed by atoms with Gasteiger partial charge in [0.1, 0.15) is 12.1 Å². The molecule has 1 unspecified atom stereocenters. The zero-order chi connectivity index (χ0) is 23.3. The van der Waals surface area contributed by atoms with Crippen molar-refractivity contribution in [3.8, 4) is 0 Å². The van der Waals surface area contributed by atoms with E-state index in [0.29, 0.717) is 39.0 Å². The third-order valence-electron chi connectivity index (χ3n) is 5.62. The van der Waals surface area contributed by atoms with E-state index < -0.39 is 30.1 Å². The molecule has 1 aromatic rings. The van der Waals surface area contributed by atoms with E-state index in [2.05, 4.69) is 5.32 Å². The Kier molecular flexibility index (Phi) is 11.2. The molecule has 0 aromatic heterocycles. The fraction of sp³-hybridized carbons (Fsp3) is 0.625. The third kappa shape index (κ3) is 8.24. The van der Waals surface area contributed by atoms with Gasteiger partial charge in [-0.3, -0.25) is 14.9 Å². The number of ether oxygens (including phenoxy) is 2. The lowest BCUT2D eigenvalue weighted by Crippen LogP contribution is -2.55. The normalized spacial score (nSPS) is 19.6. The van der Waals surface area contributed by atoms with E-state index in [0.717, 1.165) is 18.4 Å². The molecule has 1 aliphatic rings. The number of nitrogens with one attached hydrogen (secondary N) is 1. The number of aryl methyl sites for hydroxylation is 1. The highest BCUT2D eigenvalue weighted by atomic mass is 16.5. The molecule has 1 saturated heterocycles. The average Bonchev–Trinajstić information content (AvgIpc) is 2.79. The van der Waals surface area contributed by atoms with Gasteiger partial charge < -0.3 is 19.5 Å². The number of hydrogen-bond acceptors (Lipinski definition) is 6. The number of amides is 1. The minimum absolute atomic E-state index is 0.239. The van der Waals surface area contributed by atoms with Gasteiger partial charge in [-0.25, -0.2) is 4.79 Å². The molecular weight excluding hydrogens is 412 g/mol. The number of carboxylic acids is 1. The standard InChI is InChI=1S/C24H36N2O6/c1-3-32-24(30)20(13-12-19-10-6-4-7-11-19)25-18(2)22(27)26-15-8-5-9-16-31-17-14-21(26)23(28)29/h4,6-7,10-11,18,20-21,25H,3,5,8-9,12-17H2,1-2H3,(H,28,29)/t18-,20?,21-/m0/s1. The van der Waals surface area contributed by atoms with Crippen LogP contribution in [0.25, 0.3) is 0 Å². The maximum atomic E-state index is 13.3. The van der Waals surface area contributed by atoms with Gasteiger partial charge in [-0.05, 0) is 51.5 Å². The first-order valence-corrected chi connectivity index (χ1v) is 11.5.